The first kappa shape index (κ1) is 13.0. The maximum atomic E-state index is 12.0. The van der Waals surface area contributed by atoms with Gasteiger partial charge >= 0.3 is 0 Å². The summed E-state index contributed by atoms with van der Waals surface area (Å²) in [6.45, 7) is 3.33. The summed E-state index contributed by atoms with van der Waals surface area (Å²) in [5, 5.41) is 2.75. The number of pyridine rings is 1. The lowest BCUT2D eigenvalue weighted by atomic mass is 9.92. The summed E-state index contributed by atoms with van der Waals surface area (Å²) in [5.41, 5.74) is 7.03. The van der Waals surface area contributed by atoms with Gasteiger partial charge in [-0.1, -0.05) is 6.07 Å². The Morgan fingerprint density at radius 1 is 1.50 bits per heavy atom. The molecule has 1 fully saturated rings. The zero-order chi connectivity index (χ0) is 13.0. The lowest BCUT2D eigenvalue weighted by molar-refractivity contribution is -0.119. The van der Waals surface area contributed by atoms with Crippen LogP contribution < -0.4 is 11.1 Å². The molecule has 18 heavy (non-hydrogen) atoms. The van der Waals surface area contributed by atoms with Crippen LogP contribution in [0.2, 0.25) is 0 Å². The van der Waals surface area contributed by atoms with E-state index in [0.717, 1.165) is 18.4 Å². The van der Waals surface area contributed by atoms with Crippen LogP contribution in [0.4, 0.5) is 5.82 Å². The second-order valence-corrected chi connectivity index (χ2v) is 4.69. The summed E-state index contributed by atoms with van der Waals surface area (Å²) in [4.78, 5) is 16.1. The van der Waals surface area contributed by atoms with Gasteiger partial charge in [-0.2, -0.15) is 0 Å². The van der Waals surface area contributed by atoms with E-state index in [9.17, 15) is 4.79 Å². The van der Waals surface area contributed by atoms with E-state index in [1.165, 1.54) is 0 Å². The maximum absolute atomic E-state index is 12.0. The molecule has 0 aromatic carbocycles. The van der Waals surface area contributed by atoms with E-state index in [1.54, 1.807) is 12.3 Å². The third-order valence-electron chi connectivity index (χ3n) is 3.24. The number of amides is 1. The molecule has 1 unspecified atom stereocenters. The Bertz CT molecular complexity index is 399. The Morgan fingerprint density at radius 3 is 2.83 bits per heavy atom. The van der Waals surface area contributed by atoms with Gasteiger partial charge in [0.1, 0.15) is 5.82 Å². The van der Waals surface area contributed by atoms with Gasteiger partial charge in [-0.05, 0) is 37.3 Å². The van der Waals surface area contributed by atoms with Crippen molar-refractivity contribution in [3.05, 3.63) is 23.9 Å². The Labute approximate surface area is 107 Å². The van der Waals surface area contributed by atoms with Crippen LogP contribution in [-0.4, -0.2) is 30.1 Å². The largest absolute Gasteiger partial charge is 0.381 e. The van der Waals surface area contributed by atoms with Gasteiger partial charge in [0, 0.05) is 19.4 Å². The minimum absolute atomic E-state index is 0.168. The number of carbonyl (C=O) groups is 1. The molecule has 5 heteroatoms. The third-order valence-corrected chi connectivity index (χ3v) is 3.24. The predicted molar refractivity (Wildman–Crippen MR) is 69.1 cm³/mol. The molecule has 5 nitrogen and oxygen atoms in total. The SMILES string of the molecule is Cc1ccc(NC(=O)C(N)C2CCOCC2)nc1. The third kappa shape index (κ3) is 3.27. The van der Waals surface area contributed by atoms with Crippen LogP contribution in [0, 0.1) is 12.8 Å². The number of rotatable bonds is 3. The van der Waals surface area contributed by atoms with E-state index >= 15 is 0 Å². The molecule has 1 aliphatic heterocycles. The summed E-state index contributed by atoms with van der Waals surface area (Å²) in [6, 6.07) is 3.20. The highest BCUT2D eigenvalue weighted by Crippen LogP contribution is 2.18. The van der Waals surface area contributed by atoms with Gasteiger partial charge in [-0.15, -0.1) is 0 Å². The van der Waals surface area contributed by atoms with Crippen molar-refractivity contribution in [3.8, 4) is 0 Å². The highest BCUT2D eigenvalue weighted by atomic mass is 16.5. The molecular formula is C13H19N3O2. The quantitative estimate of drug-likeness (QED) is 0.840. The number of aromatic nitrogens is 1. The molecule has 0 bridgehead atoms. The summed E-state index contributed by atoms with van der Waals surface area (Å²) in [5.74, 6) is 0.579. The lowest BCUT2D eigenvalue weighted by Crippen LogP contribution is -2.44. The Kier molecular flexibility index (Phi) is 4.28. The Morgan fingerprint density at radius 2 is 2.22 bits per heavy atom. The van der Waals surface area contributed by atoms with Gasteiger partial charge in [-0.3, -0.25) is 4.79 Å². The Hall–Kier alpha value is -1.46. The molecule has 0 radical (unpaired) electrons. The number of nitrogens with two attached hydrogens (primary N) is 1. The number of hydrogen-bond acceptors (Lipinski definition) is 4. The maximum Gasteiger partial charge on any atom is 0.242 e. The first-order chi connectivity index (χ1) is 8.66. The van der Waals surface area contributed by atoms with Crippen LogP contribution in [-0.2, 0) is 9.53 Å². The van der Waals surface area contributed by atoms with Crippen LogP contribution >= 0.6 is 0 Å². The number of ether oxygens (including phenoxy) is 1. The molecule has 1 aromatic heterocycles. The number of nitrogens with zero attached hydrogens (tertiary/aromatic N) is 1. The second-order valence-electron chi connectivity index (χ2n) is 4.69. The molecule has 2 rings (SSSR count). The summed E-state index contributed by atoms with van der Waals surface area (Å²) < 4.78 is 5.26. The minimum atomic E-state index is -0.489. The highest BCUT2D eigenvalue weighted by molar-refractivity contribution is 5.94. The monoisotopic (exact) mass is 249 g/mol. The Balaban J connectivity index is 1.92. The van der Waals surface area contributed by atoms with Gasteiger partial charge in [0.2, 0.25) is 5.91 Å². The number of anilines is 1. The van der Waals surface area contributed by atoms with Crippen molar-refractivity contribution in [1.29, 1.82) is 0 Å². The van der Waals surface area contributed by atoms with Crippen LogP contribution in [0.1, 0.15) is 18.4 Å². The van der Waals surface area contributed by atoms with Crippen molar-refractivity contribution in [1.82, 2.24) is 4.98 Å². The minimum Gasteiger partial charge on any atom is -0.381 e. The van der Waals surface area contributed by atoms with E-state index in [0.29, 0.717) is 19.0 Å². The van der Waals surface area contributed by atoms with Crippen molar-refractivity contribution in [3.63, 3.8) is 0 Å². The second kappa shape index (κ2) is 5.93. The molecule has 2 heterocycles. The lowest BCUT2D eigenvalue weighted by Gasteiger charge is -2.26. The zero-order valence-electron chi connectivity index (χ0n) is 10.6. The normalized spacial score (nSPS) is 18.3. The number of hydrogen-bond donors (Lipinski definition) is 2. The zero-order valence-corrected chi connectivity index (χ0v) is 10.6. The number of nitrogens with one attached hydrogen (secondary N) is 1. The van der Waals surface area contributed by atoms with Crippen molar-refractivity contribution < 1.29 is 9.53 Å². The molecule has 98 valence electrons. The molecule has 0 aliphatic carbocycles. The van der Waals surface area contributed by atoms with Crippen molar-refractivity contribution in [2.45, 2.75) is 25.8 Å². The molecule has 1 amide bonds. The molecule has 1 aromatic rings. The highest BCUT2D eigenvalue weighted by Gasteiger charge is 2.26. The van der Waals surface area contributed by atoms with Crippen LogP contribution in [0.25, 0.3) is 0 Å². The number of aryl methyl sites for hydroxylation is 1. The van der Waals surface area contributed by atoms with E-state index in [4.69, 9.17) is 10.5 Å². The molecule has 3 N–H and O–H groups in total. The summed E-state index contributed by atoms with van der Waals surface area (Å²) in [7, 11) is 0. The average molecular weight is 249 g/mol. The van der Waals surface area contributed by atoms with E-state index in [-0.39, 0.29) is 11.8 Å². The van der Waals surface area contributed by atoms with Crippen LogP contribution in [0.3, 0.4) is 0 Å². The fourth-order valence-electron chi connectivity index (χ4n) is 2.04. The summed E-state index contributed by atoms with van der Waals surface area (Å²) >= 11 is 0. The van der Waals surface area contributed by atoms with Crippen molar-refractivity contribution in [2.75, 3.05) is 18.5 Å². The first-order valence-corrected chi connectivity index (χ1v) is 6.23. The standard InChI is InChI=1S/C13H19N3O2/c1-9-2-3-11(15-8-9)16-13(17)12(14)10-4-6-18-7-5-10/h2-3,8,10,12H,4-7,14H2,1H3,(H,15,16,17). The van der Waals surface area contributed by atoms with Crippen LogP contribution in [0.15, 0.2) is 18.3 Å². The van der Waals surface area contributed by atoms with Gasteiger partial charge in [0.25, 0.3) is 0 Å². The molecule has 0 saturated carbocycles. The fraction of sp³-hybridized carbons (Fsp3) is 0.538. The predicted octanol–water partition coefficient (Wildman–Crippen LogP) is 1.08. The summed E-state index contributed by atoms with van der Waals surface area (Å²) in [6.07, 6.45) is 3.40. The molecule has 1 atom stereocenters. The molecule has 1 saturated heterocycles. The topological polar surface area (TPSA) is 77.2 Å². The van der Waals surface area contributed by atoms with E-state index in [1.807, 2.05) is 13.0 Å². The molecular weight excluding hydrogens is 230 g/mol. The molecule has 1 aliphatic rings. The molecule has 0 spiro atoms. The van der Waals surface area contributed by atoms with Crippen LogP contribution in [0.5, 0.6) is 0 Å². The van der Waals surface area contributed by atoms with Gasteiger partial charge in [0.15, 0.2) is 0 Å². The van der Waals surface area contributed by atoms with Gasteiger partial charge in [-0.25, -0.2) is 4.98 Å². The van der Waals surface area contributed by atoms with Crippen molar-refractivity contribution in [2.24, 2.45) is 11.7 Å². The van der Waals surface area contributed by atoms with Gasteiger partial charge < -0.3 is 15.8 Å². The van der Waals surface area contributed by atoms with Gasteiger partial charge in [0.05, 0.1) is 6.04 Å². The van der Waals surface area contributed by atoms with E-state index < -0.39 is 6.04 Å². The smallest absolute Gasteiger partial charge is 0.242 e. The van der Waals surface area contributed by atoms with E-state index in [2.05, 4.69) is 10.3 Å². The first-order valence-electron chi connectivity index (χ1n) is 6.23. The number of carbonyl (C=O) groups excluding carboxylic acids is 1. The van der Waals surface area contributed by atoms with Crippen molar-refractivity contribution >= 4 is 11.7 Å². The average Bonchev–Trinajstić information content (AvgIpc) is 2.41. The fourth-order valence-corrected chi connectivity index (χ4v) is 2.04.